The minimum absolute atomic E-state index is 0.0432. The van der Waals surface area contributed by atoms with Crippen LogP contribution in [0.2, 0.25) is 5.02 Å². The fraction of sp³-hybridized carbons (Fsp3) is 0.188. The molecule has 0 spiro atoms. The number of nitrogens with one attached hydrogen (secondary N) is 1. The van der Waals surface area contributed by atoms with Crippen LogP contribution in [0, 0.1) is 5.82 Å². The van der Waals surface area contributed by atoms with Crippen molar-refractivity contribution in [3.63, 3.8) is 0 Å². The van der Waals surface area contributed by atoms with Gasteiger partial charge in [0.2, 0.25) is 5.91 Å². The number of benzene rings is 2. The van der Waals surface area contributed by atoms with Gasteiger partial charge in [-0.2, -0.15) is 0 Å². The van der Waals surface area contributed by atoms with E-state index in [-0.39, 0.29) is 27.2 Å². The summed E-state index contributed by atoms with van der Waals surface area (Å²) in [5.41, 5.74) is 0.194. The van der Waals surface area contributed by atoms with Crippen LogP contribution in [0.25, 0.3) is 0 Å². The minimum atomic E-state index is -3.97. The molecular formula is C16H13BrClFN2O3S. The molecule has 0 radical (unpaired) electrons. The lowest BCUT2D eigenvalue weighted by Crippen LogP contribution is -2.24. The highest BCUT2D eigenvalue weighted by Gasteiger charge is 2.25. The fourth-order valence-corrected chi connectivity index (χ4v) is 4.68. The Balaban J connectivity index is 1.87. The Hall–Kier alpha value is -1.64. The van der Waals surface area contributed by atoms with Gasteiger partial charge in [0, 0.05) is 23.5 Å². The van der Waals surface area contributed by atoms with Crippen molar-refractivity contribution in [3.05, 3.63) is 51.7 Å². The maximum atomic E-state index is 14.3. The topological polar surface area (TPSA) is 66.5 Å². The lowest BCUT2D eigenvalue weighted by molar-refractivity contribution is -0.117. The lowest BCUT2D eigenvalue weighted by atomic mass is 10.2. The minimum Gasteiger partial charge on any atom is -0.310 e. The van der Waals surface area contributed by atoms with Gasteiger partial charge in [0.05, 0.1) is 16.4 Å². The van der Waals surface area contributed by atoms with E-state index >= 15 is 0 Å². The van der Waals surface area contributed by atoms with Crippen molar-refractivity contribution in [2.75, 3.05) is 16.2 Å². The average Bonchev–Trinajstić information content (AvgIpc) is 2.92. The molecule has 0 bridgehead atoms. The van der Waals surface area contributed by atoms with E-state index in [0.29, 0.717) is 23.9 Å². The summed E-state index contributed by atoms with van der Waals surface area (Å²) in [6.45, 7) is 0.454. The predicted octanol–water partition coefficient (Wildman–Crippen LogP) is 4.17. The average molecular weight is 448 g/mol. The van der Waals surface area contributed by atoms with Crippen LogP contribution in [0.3, 0.4) is 0 Å². The number of anilines is 2. The van der Waals surface area contributed by atoms with Crippen LogP contribution < -0.4 is 9.62 Å². The molecule has 1 fully saturated rings. The van der Waals surface area contributed by atoms with Gasteiger partial charge in [-0.25, -0.2) is 12.8 Å². The molecule has 1 aliphatic rings. The predicted molar refractivity (Wildman–Crippen MR) is 97.9 cm³/mol. The second kappa shape index (κ2) is 6.93. The van der Waals surface area contributed by atoms with Gasteiger partial charge in [0.25, 0.3) is 10.0 Å². The number of carbonyl (C=O) groups excluding carboxylic acids is 1. The van der Waals surface area contributed by atoms with E-state index < -0.39 is 15.8 Å². The Kier molecular flexibility index (Phi) is 5.04. The lowest BCUT2D eigenvalue weighted by Gasteiger charge is -2.17. The molecule has 3 rings (SSSR count). The molecule has 0 aromatic heterocycles. The molecule has 1 amide bonds. The molecule has 5 nitrogen and oxygen atoms in total. The summed E-state index contributed by atoms with van der Waals surface area (Å²) >= 11 is 9.17. The number of halogens is 3. The highest BCUT2D eigenvalue weighted by molar-refractivity contribution is 9.10. The first-order chi connectivity index (χ1) is 11.8. The maximum Gasteiger partial charge on any atom is 0.263 e. The summed E-state index contributed by atoms with van der Waals surface area (Å²) in [6.07, 6.45) is 1.06. The first-order valence-electron chi connectivity index (χ1n) is 7.36. The van der Waals surface area contributed by atoms with Gasteiger partial charge in [0.1, 0.15) is 10.7 Å². The number of hydrogen-bond donors (Lipinski definition) is 1. The summed E-state index contributed by atoms with van der Waals surface area (Å²) in [4.78, 5) is 13.0. The molecule has 0 atom stereocenters. The maximum absolute atomic E-state index is 14.3. The van der Waals surface area contributed by atoms with Crippen molar-refractivity contribution >= 4 is 54.8 Å². The van der Waals surface area contributed by atoms with Crippen molar-refractivity contribution in [3.8, 4) is 0 Å². The Labute approximate surface area is 158 Å². The van der Waals surface area contributed by atoms with E-state index in [1.165, 1.54) is 29.2 Å². The third-order valence-electron chi connectivity index (χ3n) is 3.75. The first kappa shape index (κ1) is 18.2. The number of nitrogens with zero attached hydrogens (tertiary/aromatic N) is 1. The second-order valence-corrected chi connectivity index (χ2v) is 8.47. The number of rotatable bonds is 4. The van der Waals surface area contributed by atoms with Gasteiger partial charge in [0.15, 0.2) is 0 Å². The smallest absolute Gasteiger partial charge is 0.263 e. The van der Waals surface area contributed by atoms with Crippen LogP contribution in [0.4, 0.5) is 15.8 Å². The molecule has 0 saturated carbocycles. The van der Waals surface area contributed by atoms with Crippen LogP contribution in [-0.2, 0) is 14.8 Å². The van der Waals surface area contributed by atoms with Crippen molar-refractivity contribution in [2.24, 2.45) is 0 Å². The standard InChI is InChI=1S/C16H13BrClFN2O3S/c17-10-3-6-15(12(18)8-10)25(23,24)20-11-4-5-14(13(19)9-11)21-7-1-2-16(21)22/h3-6,8-9,20H,1-2,7H2. The molecule has 0 aliphatic carbocycles. The second-order valence-electron chi connectivity index (χ2n) is 5.50. The number of hydrogen-bond acceptors (Lipinski definition) is 3. The van der Waals surface area contributed by atoms with Crippen molar-refractivity contribution in [1.29, 1.82) is 0 Å². The molecule has 1 aliphatic heterocycles. The third-order valence-corrected chi connectivity index (χ3v) is 6.11. The van der Waals surface area contributed by atoms with Crippen molar-refractivity contribution in [1.82, 2.24) is 0 Å². The molecule has 9 heteroatoms. The summed E-state index contributed by atoms with van der Waals surface area (Å²) in [6, 6.07) is 8.20. The first-order valence-corrected chi connectivity index (χ1v) is 10.0. The zero-order valence-corrected chi connectivity index (χ0v) is 16.0. The van der Waals surface area contributed by atoms with E-state index in [9.17, 15) is 17.6 Å². The summed E-state index contributed by atoms with van der Waals surface area (Å²) in [7, 11) is -3.97. The number of carbonyl (C=O) groups is 1. The summed E-state index contributed by atoms with van der Waals surface area (Å²) < 4.78 is 42.1. The number of amides is 1. The highest BCUT2D eigenvalue weighted by Crippen LogP contribution is 2.30. The monoisotopic (exact) mass is 446 g/mol. The van der Waals surface area contributed by atoms with E-state index in [2.05, 4.69) is 20.7 Å². The van der Waals surface area contributed by atoms with Crippen LogP contribution in [0.5, 0.6) is 0 Å². The van der Waals surface area contributed by atoms with Gasteiger partial charge in [-0.05, 0) is 36.8 Å². The molecule has 132 valence electrons. The Morgan fingerprint density at radius 1 is 1.20 bits per heavy atom. The molecule has 0 unspecified atom stereocenters. The highest BCUT2D eigenvalue weighted by atomic mass is 79.9. The largest absolute Gasteiger partial charge is 0.310 e. The zero-order chi connectivity index (χ0) is 18.2. The summed E-state index contributed by atoms with van der Waals surface area (Å²) in [5, 5.41) is 0.0432. The van der Waals surface area contributed by atoms with E-state index in [1.54, 1.807) is 6.07 Å². The van der Waals surface area contributed by atoms with E-state index in [1.807, 2.05) is 0 Å². The SMILES string of the molecule is O=C1CCCN1c1ccc(NS(=O)(=O)c2ccc(Br)cc2Cl)cc1F. The molecule has 1 N–H and O–H groups in total. The molecule has 25 heavy (non-hydrogen) atoms. The normalized spacial score (nSPS) is 14.8. The van der Waals surface area contributed by atoms with Crippen molar-refractivity contribution < 1.29 is 17.6 Å². The zero-order valence-electron chi connectivity index (χ0n) is 12.8. The van der Waals surface area contributed by atoms with Crippen molar-refractivity contribution in [2.45, 2.75) is 17.7 Å². The van der Waals surface area contributed by atoms with Gasteiger partial charge >= 0.3 is 0 Å². The Morgan fingerprint density at radius 3 is 2.56 bits per heavy atom. The van der Waals surface area contributed by atoms with Crippen LogP contribution in [-0.4, -0.2) is 20.9 Å². The Morgan fingerprint density at radius 2 is 1.96 bits per heavy atom. The van der Waals surface area contributed by atoms with Gasteiger partial charge in [-0.1, -0.05) is 27.5 Å². The molecule has 2 aromatic rings. The summed E-state index contributed by atoms with van der Waals surface area (Å²) in [5.74, 6) is -0.814. The quantitative estimate of drug-likeness (QED) is 0.765. The third kappa shape index (κ3) is 3.80. The van der Waals surface area contributed by atoms with Crippen LogP contribution in [0.15, 0.2) is 45.8 Å². The van der Waals surface area contributed by atoms with Gasteiger partial charge < -0.3 is 4.90 Å². The van der Waals surface area contributed by atoms with Gasteiger partial charge in [-0.15, -0.1) is 0 Å². The van der Waals surface area contributed by atoms with Crippen LogP contribution >= 0.6 is 27.5 Å². The van der Waals surface area contributed by atoms with E-state index in [0.717, 1.165) is 6.07 Å². The Bertz CT molecular complexity index is 952. The number of sulfonamides is 1. The molecule has 1 saturated heterocycles. The molecular weight excluding hydrogens is 435 g/mol. The van der Waals surface area contributed by atoms with E-state index in [4.69, 9.17) is 11.6 Å². The molecule has 1 heterocycles. The van der Waals surface area contributed by atoms with Crippen LogP contribution in [0.1, 0.15) is 12.8 Å². The molecule has 2 aromatic carbocycles. The fourth-order valence-electron chi connectivity index (χ4n) is 2.60. The van der Waals surface area contributed by atoms with Gasteiger partial charge in [-0.3, -0.25) is 9.52 Å².